The summed E-state index contributed by atoms with van der Waals surface area (Å²) in [6.07, 6.45) is 0. The molecular weight excluding hydrogens is 585 g/mol. The molecule has 0 aliphatic carbocycles. The van der Waals surface area contributed by atoms with Gasteiger partial charge in [0, 0.05) is 32.8 Å². The summed E-state index contributed by atoms with van der Waals surface area (Å²) in [5.74, 6) is 0. The Balaban J connectivity index is 1.36. The maximum Gasteiger partial charge on any atom is 0.101 e. The van der Waals surface area contributed by atoms with Gasteiger partial charge < -0.3 is 9.13 Å². The van der Waals surface area contributed by atoms with Crippen LogP contribution in [0.2, 0.25) is 0 Å². The molecular formula is C44H26N4. The third kappa shape index (κ3) is 4.01. The fourth-order valence-corrected chi connectivity index (χ4v) is 7.40. The molecule has 2 heterocycles. The summed E-state index contributed by atoms with van der Waals surface area (Å²) in [6, 6.07) is 58.8. The van der Waals surface area contributed by atoms with Gasteiger partial charge in [0.1, 0.15) is 6.07 Å². The summed E-state index contributed by atoms with van der Waals surface area (Å²) in [7, 11) is 0. The average molecular weight is 611 g/mol. The Morgan fingerprint density at radius 2 is 1.02 bits per heavy atom. The molecule has 0 saturated carbocycles. The summed E-state index contributed by atoms with van der Waals surface area (Å²) < 4.78 is 4.51. The van der Waals surface area contributed by atoms with Gasteiger partial charge in [-0.05, 0) is 71.3 Å². The highest BCUT2D eigenvalue weighted by Crippen LogP contribution is 2.43. The maximum atomic E-state index is 10.5. The molecule has 0 amide bonds. The third-order valence-electron chi connectivity index (χ3n) is 9.40. The predicted molar refractivity (Wildman–Crippen MR) is 195 cm³/mol. The van der Waals surface area contributed by atoms with E-state index in [2.05, 4.69) is 124 Å². The van der Waals surface area contributed by atoms with Crippen LogP contribution < -0.4 is 0 Å². The highest BCUT2D eigenvalue weighted by molar-refractivity contribution is 6.18. The standard InChI is InChI=1S/C44H26N4/c45-27-31-22-23-32(28-46)44(42(31)29-12-3-1-4-13-29)48-39-20-10-8-17-36(39)43-34(18-11-21-41(43)48)30-24-25-40-37(26-30)35-16-7-9-19-38(35)47(40)33-14-5-2-6-15-33/h1-26H. The van der Waals surface area contributed by atoms with Crippen LogP contribution in [0.3, 0.4) is 0 Å². The van der Waals surface area contributed by atoms with Crippen molar-refractivity contribution >= 4 is 43.6 Å². The van der Waals surface area contributed by atoms with Gasteiger partial charge in [-0.2, -0.15) is 10.5 Å². The van der Waals surface area contributed by atoms with Crippen LogP contribution >= 0.6 is 0 Å². The zero-order valence-corrected chi connectivity index (χ0v) is 25.8. The molecule has 0 bridgehead atoms. The SMILES string of the molecule is N#Cc1ccc(C#N)c(-n2c3ccccc3c3c(-c4ccc5c(c4)c4ccccc4n5-c4ccccc4)cccc32)c1-c1ccccc1. The van der Waals surface area contributed by atoms with Crippen LogP contribution in [0, 0.1) is 22.7 Å². The molecule has 0 fully saturated rings. The fraction of sp³-hybridized carbons (Fsp3) is 0. The van der Waals surface area contributed by atoms with E-state index in [4.69, 9.17) is 0 Å². The minimum Gasteiger partial charge on any atom is -0.309 e. The lowest BCUT2D eigenvalue weighted by molar-refractivity contribution is 1.17. The number of fused-ring (bicyclic) bond motifs is 6. The van der Waals surface area contributed by atoms with Crippen LogP contribution in [-0.2, 0) is 0 Å². The van der Waals surface area contributed by atoms with Crippen LogP contribution in [0.4, 0.5) is 0 Å². The molecule has 48 heavy (non-hydrogen) atoms. The Bertz CT molecular complexity index is 2790. The highest BCUT2D eigenvalue weighted by Gasteiger charge is 2.23. The van der Waals surface area contributed by atoms with Crippen molar-refractivity contribution in [3.63, 3.8) is 0 Å². The summed E-state index contributed by atoms with van der Waals surface area (Å²) in [5, 5.41) is 25.3. The topological polar surface area (TPSA) is 57.4 Å². The van der Waals surface area contributed by atoms with Crippen LogP contribution in [0.1, 0.15) is 11.1 Å². The van der Waals surface area contributed by atoms with Crippen molar-refractivity contribution in [3.8, 4) is 45.8 Å². The first-order valence-electron chi connectivity index (χ1n) is 15.9. The van der Waals surface area contributed by atoms with Crippen molar-refractivity contribution in [2.75, 3.05) is 0 Å². The molecule has 0 aliphatic rings. The second-order valence-electron chi connectivity index (χ2n) is 11.9. The van der Waals surface area contributed by atoms with Crippen LogP contribution in [0.5, 0.6) is 0 Å². The monoisotopic (exact) mass is 610 g/mol. The van der Waals surface area contributed by atoms with Crippen molar-refractivity contribution in [1.29, 1.82) is 10.5 Å². The summed E-state index contributed by atoms with van der Waals surface area (Å²) in [6.45, 7) is 0. The molecule has 9 aromatic rings. The van der Waals surface area contributed by atoms with Crippen molar-refractivity contribution in [2.24, 2.45) is 0 Å². The quantitative estimate of drug-likeness (QED) is 0.199. The first-order chi connectivity index (χ1) is 23.8. The van der Waals surface area contributed by atoms with Gasteiger partial charge in [-0.15, -0.1) is 0 Å². The average Bonchev–Trinajstić information content (AvgIpc) is 3.67. The molecule has 2 aromatic heterocycles. The normalized spacial score (nSPS) is 11.3. The molecule has 4 nitrogen and oxygen atoms in total. The van der Waals surface area contributed by atoms with Crippen molar-refractivity contribution in [3.05, 3.63) is 169 Å². The lowest BCUT2D eigenvalue weighted by Crippen LogP contribution is -2.03. The fourth-order valence-electron chi connectivity index (χ4n) is 7.40. The van der Waals surface area contributed by atoms with E-state index in [1.807, 2.05) is 42.5 Å². The van der Waals surface area contributed by atoms with Gasteiger partial charge in [0.05, 0.1) is 45.0 Å². The first kappa shape index (κ1) is 27.4. The third-order valence-corrected chi connectivity index (χ3v) is 9.40. The Hall–Kier alpha value is -6.88. The number of benzene rings is 7. The minimum atomic E-state index is 0.510. The molecule has 0 saturated heterocycles. The van der Waals surface area contributed by atoms with E-state index in [0.29, 0.717) is 16.8 Å². The number of aromatic nitrogens is 2. The molecule has 0 atom stereocenters. The van der Waals surface area contributed by atoms with Crippen molar-refractivity contribution in [2.45, 2.75) is 0 Å². The van der Waals surface area contributed by atoms with E-state index in [9.17, 15) is 10.5 Å². The van der Waals surface area contributed by atoms with E-state index < -0.39 is 0 Å². The van der Waals surface area contributed by atoms with Gasteiger partial charge in [-0.3, -0.25) is 0 Å². The summed E-state index contributed by atoms with van der Waals surface area (Å²) in [4.78, 5) is 0. The predicted octanol–water partition coefficient (Wildman–Crippen LogP) is 11.0. The molecule has 0 radical (unpaired) electrons. The lowest BCUT2D eigenvalue weighted by Gasteiger charge is -2.17. The Morgan fingerprint density at radius 3 is 1.77 bits per heavy atom. The zero-order chi connectivity index (χ0) is 32.2. The van der Waals surface area contributed by atoms with Gasteiger partial charge in [0.15, 0.2) is 0 Å². The van der Waals surface area contributed by atoms with E-state index in [0.717, 1.165) is 55.3 Å². The Labute approximate surface area is 277 Å². The van der Waals surface area contributed by atoms with Crippen molar-refractivity contribution in [1.82, 2.24) is 9.13 Å². The molecule has 0 aliphatic heterocycles. The van der Waals surface area contributed by atoms with Gasteiger partial charge in [-0.1, -0.05) is 103 Å². The molecule has 0 spiro atoms. The van der Waals surface area contributed by atoms with Crippen LogP contribution in [-0.4, -0.2) is 9.13 Å². The maximum absolute atomic E-state index is 10.5. The molecule has 9 rings (SSSR count). The Kier molecular flexibility index (Phi) is 6.22. The van der Waals surface area contributed by atoms with Crippen molar-refractivity contribution < 1.29 is 0 Å². The number of rotatable bonds is 4. The second kappa shape index (κ2) is 10.9. The highest BCUT2D eigenvalue weighted by atomic mass is 15.0. The first-order valence-corrected chi connectivity index (χ1v) is 15.9. The summed E-state index contributed by atoms with van der Waals surface area (Å²) >= 11 is 0. The molecule has 4 heteroatoms. The minimum absolute atomic E-state index is 0.510. The number of hydrogen-bond donors (Lipinski definition) is 0. The van der Waals surface area contributed by atoms with Gasteiger partial charge >= 0.3 is 0 Å². The molecule has 0 N–H and O–H groups in total. The smallest absolute Gasteiger partial charge is 0.101 e. The van der Waals surface area contributed by atoms with E-state index in [1.165, 1.54) is 16.3 Å². The lowest BCUT2D eigenvalue weighted by atomic mass is 9.95. The van der Waals surface area contributed by atoms with E-state index in [1.54, 1.807) is 12.1 Å². The zero-order valence-electron chi connectivity index (χ0n) is 25.8. The second-order valence-corrected chi connectivity index (χ2v) is 11.9. The van der Waals surface area contributed by atoms with Crippen LogP contribution in [0.25, 0.3) is 77.2 Å². The molecule has 7 aromatic carbocycles. The number of para-hydroxylation sites is 3. The largest absolute Gasteiger partial charge is 0.309 e. The molecule has 0 unspecified atom stereocenters. The van der Waals surface area contributed by atoms with Gasteiger partial charge in [-0.25, -0.2) is 0 Å². The van der Waals surface area contributed by atoms with Crippen LogP contribution in [0.15, 0.2) is 158 Å². The number of hydrogen-bond acceptors (Lipinski definition) is 2. The van der Waals surface area contributed by atoms with E-state index >= 15 is 0 Å². The molecule has 222 valence electrons. The number of nitriles is 2. The number of nitrogens with zero attached hydrogens (tertiary/aromatic N) is 4. The summed E-state index contributed by atoms with van der Waals surface area (Å²) in [5.41, 5.74) is 11.0. The van der Waals surface area contributed by atoms with Gasteiger partial charge in [0.25, 0.3) is 0 Å². The Morgan fingerprint density at radius 1 is 0.417 bits per heavy atom. The van der Waals surface area contributed by atoms with E-state index in [-0.39, 0.29) is 0 Å². The van der Waals surface area contributed by atoms with Gasteiger partial charge in [0.2, 0.25) is 0 Å².